The molecule has 3 N–H and O–H groups in total. The number of benzene rings is 3. The van der Waals surface area contributed by atoms with Crippen molar-refractivity contribution in [2.45, 2.75) is 30.7 Å². The molecule has 0 radical (unpaired) electrons. The predicted molar refractivity (Wildman–Crippen MR) is 153 cm³/mol. The zero-order valence-corrected chi connectivity index (χ0v) is 23.5. The standard InChI is InChI=1S/C30H29BrF3N3O4/c31-24-13-9-22(10-14-24)26-29(28(39)37-35-20-30(32,33)34,17-4-8-21-6-2-1-3-7-21)36-27(41-26)23-11-15-25(16-12-23)40-19-5-18-38/h1-4,6-16,26,35,38H,5,17-20H2,(H,37,39)/b8-4+/t26-,29-/m0/s1. The molecule has 3 aromatic rings. The average molecular weight is 632 g/mol. The number of amides is 1. The van der Waals surface area contributed by atoms with E-state index >= 15 is 0 Å². The third kappa shape index (κ3) is 8.18. The molecule has 0 aromatic heterocycles. The molecule has 0 saturated carbocycles. The van der Waals surface area contributed by atoms with Gasteiger partial charge in [0.25, 0.3) is 5.91 Å². The number of ether oxygens (including phenoxy) is 2. The van der Waals surface area contributed by atoms with Crippen molar-refractivity contribution in [1.82, 2.24) is 10.9 Å². The highest BCUT2D eigenvalue weighted by molar-refractivity contribution is 9.10. The molecule has 0 aliphatic carbocycles. The van der Waals surface area contributed by atoms with Gasteiger partial charge in [0.05, 0.1) is 6.61 Å². The summed E-state index contributed by atoms with van der Waals surface area (Å²) < 4.78 is 51.3. The smallest absolute Gasteiger partial charge is 0.402 e. The van der Waals surface area contributed by atoms with Gasteiger partial charge in [-0.15, -0.1) is 0 Å². The van der Waals surface area contributed by atoms with Gasteiger partial charge in [0, 0.05) is 29.5 Å². The lowest BCUT2D eigenvalue weighted by Crippen LogP contribution is -2.54. The van der Waals surface area contributed by atoms with Gasteiger partial charge in [-0.05, 0) is 47.5 Å². The number of nitrogens with zero attached hydrogens (tertiary/aromatic N) is 1. The molecule has 1 heterocycles. The number of nitrogens with one attached hydrogen (secondary N) is 2. The fraction of sp³-hybridized carbons (Fsp3) is 0.267. The van der Waals surface area contributed by atoms with Crippen LogP contribution in [0.25, 0.3) is 6.08 Å². The Morgan fingerprint density at radius 1 is 1.07 bits per heavy atom. The van der Waals surface area contributed by atoms with Crippen molar-refractivity contribution in [1.29, 1.82) is 0 Å². The molecule has 41 heavy (non-hydrogen) atoms. The number of aliphatic hydroxyl groups excluding tert-OH is 1. The van der Waals surface area contributed by atoms with E-state index in [0.29, 0.717) is 29.9 Å². The number of rotatable bonds is 12. The van der Waals surface area contributed by atoms with Crippen LogP contribution in [0.4, 0.5) is 13.2 Å². The van der Waals surface area contributed by atoms with Crippen LogP contribution in [0.1, 0.15) is 35.6 Å². The van der Waals surface area contributed by atoms with E-state index in [0.717, 1.165) is 10.0 Å². The molecule has 4 rings (SSSR count). The minimum atomic E-state index is -4.53. The Kier molecular flexibility index (Phi) is 10.2. The van der Waals surface area contributed by atoms with Crippen LogP contribution >= 0.6 is 15.9 Å². The molecule has 1 aliphatic heterocycles. The summed E-state index contributed by atoms with van der Waals surface area (Å²) in [5, 5.41) is 8.97. The maximum atomic E-state index is 13.7. The van der Waals surface area contributed by atoms with Crippen molar-refractivity contribution in [3.63, 3.8) is 0 Å². The van der Waals surface area contributed by atoms with Crippen molar-refractivity contribution in [3.8, 4) is 5.75 Å². The number of hydrogen-bond acceptors (Lipinski definition) is 6. The molecule has 11 heteroatoms. The third-order valence-corrected chi connectivity index (χ3v) is 6.76. The van der Waals surface area contributed by atoms with Crippen LogP contribution in [-0.4, -0.2) is 48.4 Å². The van der Waals surface area contributed by atoms with Gasteiger partial charge >= 0.3 is 6.18 Å². The first-order chi connectivity index (χ1) is 19.7. The summed E-state index contributed by atoms with van der Waals surface area (Å²) >= 11 is 3.41. The number of carbonyl (C=O) groups is 1. The largest absolute Gasteiger partial charge is 0.494 e. The van der Waals surface area contributed by atoms with Gasteiger partial charge in [0.15, 0.2) is 11.6 Å². The van der Waals surface area contributed by atoms with E-state index in [1.165, 1.54) is 0 Å². The van der Waals surface area contributed by atoms with E-state index in [4.69, 9.17) is 19.6 Å². The zero-order chi connectivity index (χ0) is 29.3. The minimum absolute atomic E-state index is 0.0148. The highest BCUT2D eigenvalue weighted by Gasteiger charge is 2.52. The molecule has 216 valence electrons. The van der Waals surface area contributed by atoms with Crippen LogP contribution in [0.15, 0.2) is 94.4 Å². The van der Waals surface area contributed by atoms with Crippen molar-refractivity contribution < 1.29 is 32.5 Å². The van der Waals surface area contributed by atoms with Crippen molar-refractivity contribution >= 4 is 33.8 Å². The topological polar surface area (TPSA) is 92.2 Å². The molecule has 2 atom stereocenters. The number of aliphatic hydroxyl groups is 1. The SMILES string of the molecule is O=C(NNCC(F)(F)F)[C@@]1(C/C=C/c2ccccc2)N=C(c2ccc(OCCCO)cc2)O[C@H]1c1ccc(Br)cc1. The predicted octanol–water partition coefficient (Wildman–Crippen LogP) is 5.75. The van der Waals surface area contributed by atoms with Crippen LogP contribution in [0.3, 0.4) is 0 Å². The molecule has 1 amide bonds. The van der Waals surface area contributed by atoms with E-state index in [1.807, 2.05) is 41.8 Å². The Balaban J connectivity index is 1.71. The molecular formula is C30H29BrF3N3O4. The maximum absolute atomic E-state index is 13.7. The number of hydrogen-bond donors (Lipinski definition) is 3. The van der Waals surface area contributed by atoms with Gasteiger partial charge < -0.3 is 14.6 Å². The first kappa shape index (κ1) is 30.3. The Bertz CT molecular complexity index is 1350. The second kappa shape index (κ2) is 13.8. The summed E-state index contributed by atoms with van der Waals surface area (Å²) in [4.78, 5) is 18.5. The van der Waals surface area contributed by atoms with Gasteiger partial charge in [-0.2, -0.15) is 13.2 Å². The zero-order valence-electron chi connectivity index (χ0n) is 21.9. The highest BCUT2D eigenvalue weighted by atomic mass is 79.9. The third-order valence-electron chi connectivity index (χ3n) is 6.23. The van der Waals surface area contributed by atoms with Crippen LogP contribution in [0.2, 0.25) is 0 Å². The molecule has 3 aromatic carbocycles. The Morgan fingerprint density at radius 3 is 2.44 bits per heavy atom. The number of halogens is 4. The molecule has 1 aliphatic rings. The maximum Gasteiger partial charge on any atom is 0.402 e. The molecule has 0 fully saturated rings. The van der Waals surface area contributed by atoms with Crippen molar-refractivity contribution in [2.75, 3.05) is 19.8 Å². The number of aliphatic imine (C=N–C) groups is 1. The molecule has 7 nitrogen and oxygen atoms in total. The first-order valence-corrected chi connectivity index (χ1v) is 13.7. The second-order valence-electron chi connectivity index (χ2n) is 9.28. The fourth-order valence-electron chi connectivity index (χ4n) is 4.22. The lowest BCUT2D eigenvalue weighted by Gasteiger charge is -2.30. The minimum Gasteiger partial charge on any atom is -0.494 e. The van der Waals surface area contributed by atoms with E-state index < -0.39 is 30.3 Å². The van der Waals surface area contributed by atoms with Gasteiger partial charge in [0.2, 0.25) is 5.90 Å². The summed E-state index contributed by atoms with van der Waals surface area (Å²) in [5.41, 5.74) is 4.63. The number of hydrazine groups is 1. The van der Waals surface area contributed by atoms with Crippen molar-refractivity contribution in [3.05, 3.63) is 106 Å². The number of carbonyl (C=O) groups excluding carboxylic acids is 1. The Labute approximate surface area is 244 Å². The quantitative estimate of drug-likeness (QED) is 0.175. The first-order valence-electron chi connectivity index (χ1n) is 12.9. The summed E-state index contributed by atoms with van der Waals surface area (Å²) in [6.45, 7) is -1.05. The van der Waals surface area contributed by atoms with Crippen LogP contribution in [-0.2, 0) is 9.53 Å². The van der Waals surface area contributed by atoms with Crippen LogP contribution in [0.5, 0.6) is 5.75 Å². The fourth-order valence-corrected chi connectivity index (χ4v) is 4.49. The molecular weight excluding hydrogens is 603 g/mol. The molecule has 0 unspecified atom stereocenters. The molecule has 0 spiro atoms. The van der Waals surface area contributed by atoms with E-state index in [-0.39, 0.29) is 18.9 Å². The highest BCUT2D eigenvalue weighted by Crippen LogP contribution is 2.43. The van der Waals surface area contributed by atoms with Crippen molar-refractivity contribution in [2.24, 2.45) is 4.99 Å². The van der Waals surface area contributed by atoms with Crippen LogP contribution in [0, 0.1) is 0 Å². The van der Waals surface area contributed by atoms with Gasteiger partial charge in [-0.25, -0.2) is 10.4 Å². The normalized spacial score (nSPS) is 18.7. The van der Waals surface area contributed by atoms with E-state index in [1.54, 1.807) is 54.6 Å². The van der Waals surface area contributed by atoms with E-state index in [2.05, 4.69) is 21.4 Å². The van der Waals surface area contributed by atoms with Crippen LogP contribution < -0.4 is 15.6 Å². The number of alkyl halides is 3. The summed E-state index contributed by atoms with van der Waals surface area (Å²) in [6.07, 6.45) is -1.36. The lowest BCUT2D eigenvalue weighted by atomic mass is 9.84. The summed E-state index contributed by atoms with van der Waals surface area (Å²) in [5.74, 6) is -0.0262. The van der Waals surface area contributed by atoms with E-state index in [9.17, 15) is 18.0 Å². The Hall–Kier alpha value is -3.67. The monoisotopic (exact) mass is 631 g/mol. The van der Waals surface area contributed by atoms with Gasteiger partial charge in [-0.3, -0.25) is 10.2 Å². The second-order valence-corrected chi connectivity index (χ2v) is 10.2. The molecule has 0 saturated heterocycles. The Morgan fingerprint density at radius 2 is 1.78 bits per heavy atom. The molecule has 0 bridgehead atoms. The summed E-state index contributed by atoms with van der Waals surface area (Å²) in [6, 6.07) is 23.4. The average Bonchev–Trinajstić information content (AvgIpc) is 3.34. The van der Waals surface area contributed by atoms with Gasteiger partial charge in [-0.1, -0.05) is 70.5 Å². The van der Waals surface area contributed by atoms with Gasteiger partial charge in [0.1, 0.15) is 12.3 Å². The lowest BCUT2D eigenvalue weighted by molar-refractivity contribution is -0.136. The summed E-state index contributed by atoms with van der Waals surface area (Å²) in [7, 11) is 0.